The summed E-state index contributed by atoms with van der Waals surface area (Å²) in [5.74, 6) is -0.970. The minimum Gasteiger partial charge on any atom is -0.428 e. The van der Waals surface area contributed by atoms with Crippen LogP contribution in [0.2, 0.25) is 0 Å². The molecular weight excluding hydrogens is 247 g/mol. The average molecular weight is 252 g/mol. The predicted molar refractivity (Wildman–Crippen MR) is 42.3 cm³/mol. The summed E-state index contributed by atoms with van der Waals surface area (Å²) < 4.78 is 78.3. The smallest absolute Gasteiger partial charge is 0.428 e. The van der Waals surface area contributed by atoms with Crippen LogP contribution in [0.5, 0.6) is 0 Å². The van der Waals surface area contributed by atoms with E-state index < -0.39 is 31.3 Å². The summed E-state index contributed by atoms with van der Waals surface area (Å²) in [6.07, 6.45) is 0.727. The van der Waals surface area contributed by atoms with Gasteiger partial charge in [0.1, 0.15) is 0 Å². The topological polar surface area (TPSA) is 82.4 Å². The van der Waals surface area contributed by atoms with Gasteiger partial charge in [0.25, 0.3) is 0 Å². The molecule has 0 aliphatic rings. The van der Waals surface area contributed by atoms with E-state index in [9.17, 15) is 30.0 Å². The summed E-state index contributed by atoms with van der Waals surface area (Å²) in [5, 5.41) is 0. The third-order valence-corrected chi connectivity index (χ3v) is 3.77. The van der Waals surface area contributed by atoms with Crippen molar-refractivity contribution in [3.05, 3.63) is 16.8 Å². The Balaban J connectivity index is 4.97. The highest BCUT2D eigenvalue weighted by atomic mass is 32.3. The van der Waals surface area contributed by atoms with E-state index >= 15 is 0 Å². The van der Waals surface area contributed by atoms with Gasteiger partial charge in [-0.1, -0.05) is 6.08 Å². The predicted octanol–water partition coefficient (Wildman–Crippen LogP) is 0.726. The highest BCUT2D eigenvalue weighted by Gasteiger charge is 2.40. The van der Waals surface area contributed by atoms with Gasteiger partial charge in [-0.15, -0.1) is 6.58 Å². The first-order valence-electron chi connectivity index (χ1n) is 2.91. The molecule has 0 amide bonds. The first-order valence-corrected chi connectivity index (χ1v) is 5.96. The Bertz CT molecular complexity index is 406. The van der Waals surface area contributed by atoms with Gasteiger partial charge in [0.05, 0.1) is 15.8 Å². The van der Waals surface area contributed by atoms with E-state index in [1.807, 2.05) is 0 Å². The molecule has 0 aromatic carbocycles. The normalized spacial score (nSPS) is 13.9. The molecular formula is C4H5F3NO4S2-. The molecule has 0 aliphatic heterocycles. The van der Waals surface area contributed by atoms with Crippen molar-refractivity contribution in [2.24, 2.45) is 0 Å². The van der Waals surface area contributed by atoms with Crippen LogP contribution in [0.15, 0.2) is 12.7 Å². The highest BCUT2D eigenvalue weighted by molar-refractivity contribution is 8.12. The second-order valence-corrected chi connectivity index (χ2v) is 5.54. The first-order chi connectivity index (χ1) is 6.02. The van der Waals surface area contributed by atoms with Gasteiger partial charge in [0, 0.05) is 0 Å². The molecule has 0 bridgehead atoms. The molecule has 0 aromatic rings. The van der Waals surface area contributed by atoms with Crippen LogP contribution in [-0.2, 0) is 20.0 Å². The number of nitrogens with zero attached hydrogens (tertiary/aromatic N) is 1. The lowest BCUT2D eigenvalue weighted by atomic mass is 10.8. The zero-order valence-corrected chi connectivity index (χ0v) is 8.16. The molecule has 0 radical (unpaired) electrons. The lowest BCUT2D eigenvalue weighted by Crippen LogP contribution is -2.24. The van der Waals surface area contributed by atoms with Crippen LogP contribution in [0.4, 0.5) is 13.2 Å². The zero-order chi connectivity index (χ0) is 11.6. The fraction of sp³-hybridized carbons (Fsp3) is 0.500. The lowest BCUT2D eigenvalue weighted by molar-refractivity contribution is -0.0425. The Morgan fingerprint density at radius 1 is 1.21 bits per heavy atom. The van der Waals surface area contributed by atoms with Crippen molar-refractivity contribution in [3.8, 4) is 0 Å². The molecule has 0 fully saturated rings. The first kappa shape index (κ1) is 13.4. The standard InChI is InChI=1S/C4H5F3NO4S2/c1-2-3-13(9,10)8-14(11,12)4(5,6)7/h2H,1,3H2/q-1. The van der Waals surface area contributed by atoms with Crippen molar-refractivity contribution in [1.29, 1.82) is 0 Å². The summed E-state index contributed by atoms with van der Waals surface area (Å²) in [5.41, 5.74) is -5.71. The van der Waals surface area contributed by atoms with Gasteiger partial charge in [0.2, 0.25) is 0 Å². The van der Waals surface area contributed by atoms with Crippen LogP contribution >= 0.6 is 0 Å². The Kier molecular flexibility index (Phi) is 3.70. The second kappa shape index (κ2) is 3.87. The van der Waals surface area contributed by atoms with Crippen molar-refractivity contribution in [2.45, 2.75) is 5.51 Å². The summed E-state index contributed by atoms with van der Waals surface area (Å²) >= 11 is 0. The molecule has 0 saturated carbocycles. The quantitative estimate of drug-likeness (QED) is 0.690. The van der Waals surface area contributed by atoms with Gasteiger partial charge < -0.3 is 4.13 Å². The molecule has 0 saturated heterocycles. The monoisotopic (exact) mass is 252 g/mol. The number of hydrogen-bond donors (Lipinski definition) is 0. The van der Waals surface area contributed by atoms with Crippen LogP contribution in [-0.4, -0.2) is 28.1 Å². The zero-order valence-electron chi connectivity index (χ0n) is 6.52. The third-order valence-electron chi connectivity index (χ3n) is 0.833. The molecule has 0 aliphatic carbocycles. The fourth-order valence-corrected chi connectivity index (χ4v) is 2.45. The Hall–Kier alpha value is -0.610. The largest absolute Gasteiger partial charge is 0.480 e. The van der Waals surface area contributed by atoms with Gasteiger partial charge in [0.15, 0.2) is 10.0 Å². The van der Waals surface area contributed by atoms with Crippen molar-refractivity contribution in [3.63, 3.8) is 0 Å². The second-order valence-electron chi connectivity index (χ2n) is 2.03. The van der Waals surface area contributed by atoms with Crippen molar-refractivity contribution in [1.82, 2.24) is 0 Å². The maximum atomic E-state index is 11.6. The molecule has 10 heteroatoms. The van der Waals surface area contributed by atoms with Crippen LogP contribution in [0.25, 0.3) is 4.13 Å². The number of sulfonamides is 2. The van der Waals surface area contributed by atoms with Crippen LogP contribution in [0.1, 0.15) is 0 Å². The van der Waals surface area contributed by atoms with Crippen molar-refractivity contribution in [2.75, 3.05) is 5.75 Å². The van der Waals surface area contributed by atoms with Crippen LogP contribution < -0.4 is 0 Å². The molecule has 84 valence electrons. The van der Waals surface area contributed by atoms with Crippen LogP contribution in [0.3, 0.4) is 0 Å². The van der Waals surface area contributed by atoms with Gasteiger partial charge in [-0.2, -0.15) is 13.2 Å². The number of alkyl halides is 3. The molecule has 0 unspecified atom stereocenters. The highest BCUT2D eigenvalue weighted by Crippen LogP contribution is 2.29. The SMILES string of the molecule is C=CCS(=O)(=O)[N-]S(=O)(=O)C(F)(F)F. The van der Waals surface area contributed by atoms with Gasteiger partial charge in [-0.05, 0) is 0 Å². The number of rotatable bonds is 4. The Morgan fingerprint density at radius 3 is 1.93 bits per heavy atom. The maximum absolute atomic E-state index is 11.6. The van der Waals surface area contributed by atoms with E-state index in [1.54, 1.807) is 4.13 Å². The molecule has 0 spiro atoms. The van der Waals surface area contributed by atoms with E-state index in [4.69, 9.17) is 0 Å². The molecule has 5 nitrogen and oxygen atoms in total. The van der Waals surface area contributed by atoms with E-state index in [1.165, 1.54) is 0 Å². The molecule has 0 aromatic heterocycles. The van der Waals surface area contributed by atoms with Crippen LogP contribution in [0, 0.1) is 0 Å². The summed E-state index contributed by atoms with van der Waals surface area (Å²) in [6, 6.07) is 0. The van der Waals surface area contributed by atoms with Crippen molar-refractivity contribution >= 4 is 20.0 Å². The third kappa shape index (κ3) is 3.64. The molecule has 0 atom stereocenters. The van der Waals surface area contributed by atoms with E-state index in [0.717, 1.165) is 6.08 Å². The van der Waals surface area contributed by atoms with Crippen molar-refractivity contribution < 1.29 is 30.0 Å². The Morgan fingerprint density at radius 2 is 1.64 bits per heavy atom. The van der Waals surface area contributed by atoms with Gasteiger partial charge >= 0.3 is 5.51 Å². The summed E-state index contributed by atoms with van der Waals surface area (Å²) in [7, 11) is -10.7. The summed E-state index contributed by atoms with van der Waals surface area (Å²) in [6.45, 7) is 2.92. The number of hydrogen-bond acceptors (Lipinski definition) is 4. The molecule has 0 heterocycles. The average Bonchev–Trinajstić information content (AvgIpc) is 1.80. The number of halogens is 3. The summed E-state index contributed by atoms with van der Waals surface area (Å²) in [4.78, 5) is 0. The van der Waals surface area contributed by atoms with Gasteiger partial charge in [-0.3, -0.25) is 0 Å². The maximum Gasteiger partial charge on any atom is 0.480 e. The minimum absolute atomic E-state index is 0.727. The molecule has 0 rings (SSSR count). The van der Waals surface area contributed by atoms with E-state index in [2.05, 4.69) is 6.58 Å². The minimum atomic E-state index is -5.99. The van der Waals surface area contributed by atoms with E-state index in [0.29, 0.717) is 0 Å². The molecule has 0 N–H and O–H groups in total. The van der Waals surface area contributed by atoms with E-state index in [-0.39, 0.29) is 0 Å². The molecule has 14 heavy (non-hydrogen) atoms. The lowest BCUT2D eigenvalue weighted by Gasteiger charge is -2.20. The Labute approximate surface area is 78.7 Å². The fourth-order valence-electron chi connectivity index (χ4n) is 0.371. The van der Waals surface area contributed by atoms with Gasteiger partial charge in [-0.25, -0.2) is 16.8 Å².